The van der Waals surface area contributed by atoms with E-state index >= 15 is 0 Å². The van der Waals surface area contributed by atoms with Crippen LogP contribution < -0.4 is 15.0 Å². The van der Waals surface area contributed by atoms with Crippen LogP contribution in [0.1, 0.15) is 40.0 Å². The van der Waals surface area contributed by atoms with Crippen molar-refractivity contribution in [2.45, 2.75) is 46.1 Å². The summed E-state index contributed by atoms with van der Waals surface area (Å²) in [4.78, 5) is 19.4. The molecule has 1 saturated heterocycles. The predicted octanol–water partition coefficient (Wildman–Crippen LogP) is 3.83. The Kier molecular flexibility index (Phi) is 5.78. The maximum atomic E-state index is 12.3. The molecule has 1 aliphatic heterocycles. The zero-order chi connectivity index (χ0) is 17.8. The van der Waals surface area contributed by atoms with Crippen molar-refractivity contribution >= 4 is 32.6 Å². The Morgan fingerprint density at radius 2 is 2.16 bits per heavy atom. The van der Waals surface area contributed by atoms with Crippen LogP contribution in [0.2, 0.25) is 0 Å². The second kappa shape index (κ2) is 8.04. The number of carbonyl (C=O) groups excluding carboxylic acids is 1. The van der Waals surface area contributed by atoms with Crippen molar-refractivity contribution in [3.05, 3.63) is 18.2 Å². The highest BCUT2D eigenvalue weighted by molar-refractivity contribution is 7.22. The molecule has 1 aromatic heterocycles. The molecule has 0 bridgehead atoms. The van der Waals surface area contributed by atoms with Crippen LogP contribution in [0.4, 0.5) is 5.13 Å². The van der Waals surface area contributed by atoms with Crippen LogP contribution in [-0.2, 0) is 4.79 Å². The molecule has 1 aliphatic rings. The number of benzene rings is 1. The highest BCUT2D eigenvalue weighted by atomic mass is 32.1. The number of hydrogen-bond donors (Lipinski definition) is 1. The number of ether oxygens (including phenoxy) is 1. The molecule has 1 fully saturated rings. The minimum Gasteiger partial charge on any atom is -0.494 e. The van der Waals surface area contributed by atoms with Gasteiger partial charge in [0.15, 0.2) is 5.13 Å². The second-order valence-corrected chi connectivity index (χ2v) is 7.65. The van der Waals surface area contributed by atoms with Gasteiger partial charge in [-0.3, -0.25) is 4.79 Å². The molecule has 6 heteroatoms. The van der Waals surface area contributed by atoms with E-state index in [0.29, 0.717) is 6.61 Å². The van der Waals surface area contributed by atoms with E-state index in [4.69, 9.17) is 9.72 Å². The Morgan fingerprint density at radius 3 is 2.84 bits per heavy atom. The van der Waals surface area contributed by atoms with Crippen LogP contribution in [0, 0.1) is 5.92 Å². The molecule has 5 nitrogen and oxygen atoms in total. The third-order valence-electron chi connectivity index (χ3n) is 4.80. The lowest BCUT2D eigenvalue weighted by molar-refractivity contribution is -0.126. The number of carbonyl (C=O) groups is 1. The quantitative estimate of drug-likeness (QED) is 0.850. The molecule has 2 heterocycles. The van der Waals surface area contributed by atoms with E-state index in [1.54, 1.807) is 11.3 Å². The minimum absolute atomic E-state index is 0.129. The van der Waals surface area contributed by atoms with Crippen LogP contribution in [-0.4, -0.2) is 36.6 Å². The zero-order valence-corrected chi connectivity index (χ0v) is 16.1. The van der Waals surface area contributed by atoms with Crippen molar-refractivity contribution < 1.29 is 9.53 Å². The number of amides is 1. The van der Waals surface area contributed by atoms with E-state index in [1.807, 2.05) is 19.1 Å². The third-order valence-corrected chi connectivity index (χ3v) is 5.88. The molecular formula is C19H27N3O2S. The number of aromatic nitrogens is 1. The summed E-state index contributed by atoms with van der Waals surface area (Å²) in [6, 6.07) is 6.31. The molecule has 1 amide bonds. The molecule has 0 aliphatic carbocycles. The van der Waals surface area contributed by atoms with Crippen molar-refractivity contribution in [1.82, 2.24) is 10.3 Å². The van der Waals surface area contributed by atoms with Crippen LogP contribution in [0.3, 0.4) is 0 Å². The van der Waals surface area contributed by atoms with Crippen molar-refractivity contribution in [3.63, 3.8) is 0 Å². The number of rotatable bonds is 6. The van der Waals surface area contributed by atoms with E-state index in [2.05, 4.69) is 30.1 Å². The molecular weight excluding hydrogens is 334 g/mol. The normalized spacial score (nSPS) is 16.8. The van der Waals surface area contributed by atoms with Gasteiger partial charge in [-0.05, 0) is 51.3 Å². The minimum atomic E-state index is 0.129. The van der Waals surface area contributed by atoms with Crippen LogP contribution in [0.15, 0.2) is 18.2 Å². The van der Waals surface area contributed by atoms with Gasteiger partial charge in [0.1, 0.15) is 5.75 Å². The monoisotopic (exact) mass is 361 g/mol. The topological polar surface area (TPSA) is 54.5 Å². The second-order valence-electron chi connectivity index (χ2n) is 6.64. The summed E-state index contributed by atoms with van der Waals surface area (Å²) >= 11 is 1.70. The molecule has 0 spiro atoms. The largest absolute Gasteiger partial charge is 0.494 e. The number of piperidine rings is 1. The summed E-state index contributed by atoms with van der Waals surface area (Å²) in [5.41, 5.74) is 1.01. The lowest BCUT2D eigenvalue weighted by atomic mass is 9.96. The fourth-order valence-electron chi connectivity index (χ4n) is 3.08. The molecule has 0 saturated carbocycles. The third kappa shape index (κ3) is 4.24. The highest BCUT2D eigenvalue weighted by Crippen LogP contribution is 2.33. The Balaban J connectivity index is 1.62. The SMILES string of the molecule is CCOc1ccc2nc(N3CCC(C(=O)N[C@@H](C)CC)CC3)sc2c1. The number of thiazole rings is 1. The highest BCUT2D eigenvalue weighted by Gasteiger charge is 2.27. The standard InChI is InChI=1S/C19H27N3O2S/c1-4-13(3)20-18(23)14-8-10-22(11-9-14)19-21-16-7-6-15(24-5-2)12-17(16)25-19/h6-7,12-14H,4-5,8-11H2,1-3H3,(H,20,23)/t13-/m0/s1. The molecule has 136 valence electrons. The Hall–Kier alpha value is -1.82. The van der Waals surface area contributed by atoms with Gasteiger partial charge < -0.3 is 15.0 Å². The maximum Gasteiger partial charge on any atom is 0.223 e. The van der Waals surface area contributed by atoms with Gasteiger partial charge in [-0.25, -0.2) is 4.98 Å². The first-order valence-corrected chi connectivity index (χ1v) is 10.0. The number of hydrogen-bond acceptors (Lipinski definition) is 5. The van der Waals surface area contributed by atoms with Gasteiger partial charge in [-0.1, -0.05) is 18.3 Å². The van der Waals surface area contributed by atoms with Gasteiger partial charge in [0.2, 0.25) is 5.91 Å². The van der Waals surface area contributed by atoms with Gasteiger partial charge in [0.25, 0.3) is 0 Å². The molecule has 1 N–H and O–H groups in total. The number of anilines is 1. The summed E-state index contributed by atoms with van der Waals surface area (Å²) in [6.07, 6.45) is 2.75. The molecule has 2 aromatic rings. The average molecular weight is 362 g/mol. The maximum absolute atomic E-state index is 12.3. The first-order valence-electron chi connectivity index (χ1n) is 9.19. The van der Waals surface area contributed by atoms with Gasteiger partial charge in [0.05, 0.1) is 16.8 Å². The molecule has 1 aromatic carbocycles. The van der Waals surface area contributed by atoms with E-state index < -0.39 is 0 Å². The molecule has 1 atom stereocenters. The first kappa shape index (κ1) is 18.0. The summed E-state index contributed by atoms with van der Waals surface area (Å²) in [6.45, 7) is 8.59. The first-order chi connectivity index (χ1) is 12.1. The molecule has 0 unspecified atom stereocenters. The summed E-state index contributed by atoms with van der Waals surface area (Å²) in [5, 5.41) is 4.15. The van der Waals surface area contributed by atoms with Gasteiger partial charge in [0, 0.05) is 25.0 Å². The van der Waals surface area contributed by atoms with E-state index in [0.717, 1.165) is 53.4 Å². The van der Waals surface area contributed by atoms with Gasteiger partial charge in [-0.2, -0.15) is 0 Å². The lowest BCUT2D eigenvalue weighted by Gasteiger charge is -2.31. The van der Waals surface area contributed by atoms with Gasteiger partial charge >= 0.3 is 0 Å². The zero-order valence-electron chi connectivity index (χ0n) is 15.2. The van der Waals surface area contributed by atoms with E-state index in [-0.39, 0.29) is 17.9 Å². The molecule has 3 rings (SSSR count). The van der Waals surface area contributed by atoms with Crippen molar-refractivity contribution in [1.29, 1.82) is 0 Å². The Morgan fingerprint density at radius 1 is 1.40 bits per heavy atom. The van der Waals surface area contributed by atoms with E-state index in [9.17, 15) is 4.79 Å². The van der Waals surface area contributed by atoms with Gasteiger partial charge in [-0.15, -0.1) is 0 Å². The molecule has 25 heavy (non-hydrogen) atoms. The molecule has 0 radical (unpaired) electrons. The summed E-state index contributed by atoms with van der Waals surface area (Å²) < 4.78 is 6.72. The van der Waals surface area contributed by atoms with Crippen molar-refractivity contribution in [2.24, 2.45) is 5.92 Å². The van der Waals surface area contributed by atoms with E-state index in [1.165, 1.54) is 0 Å². The summed E-state index contributed by atoms with van der Waals surface area (Å²) in [7, 11) is 0. The van der Waals surface area contributed by atoms with Crippen molar-refractivity contribution in [2.75, 3.05) is 24.6 Å². The van der Waals surface area contributed by atoms with Crippen LogP contribution in [0.25, 0.3) is 10.2 Å². The Labute approximate surface area is 153 Å². The smallest absolute Gasteiger partial charge is 0.223 e. The average Bonchev–Trinajstić information content (AvgIpc) is 3.05. The fourth-order valence-corrected chi connectivity index (χ4v) is 4.13. The Bertz CT molecular complexity index is 723. The van der Waals surface area contributed by atoms with Crippen LogP contribution >= 0.6 is 11.3 Å². The predicted molar refractivity (Wildman–Crippen MR) is 104 cm³/mol. The fraction of sp³-hybridized carbons (Fsp3) is 0.579. The lowest BCUT2D eigenvalue weighted by Crippen LogP contribution is -2.43. The van der Waals surface area contributed by atoms with Crippen LogP contribution in [0.5, 0.6) is 5.75 Å². The number of fused-ring (bicyclic) bond motifs is 1. The number of nitrogens with one attached hydrogen (secondary N) is 1. The van der Waals surface area contributed by atoms with Crippen molar-refractivity contribution in [3.8, 4) is 5.75 Å². The summed E-state index contributed by atoms with van der Waals surface area (Å²) in [5.74, 6) is 1.23. The number of nitrogens with zero attached hydrogens (tertiary/aromatic N) is 2.